The third-order valence-corrected chi connectivity index (χ3v) is 2.16. The highest BCUT2D eigenvalue weighted by molar-refractivity contribution is 5.67. The van der Waals surface area contributed by atoms with E-state index in [0.717, 1.165) is 5.56 Å². The molecule has 0 bridgehead atoms. The minimum absolute atomic E-state index is 0.107. The van der Waals surface area contributed by atoms with Gasteiger partial charge in [0.15, 0.2) is 5.82 Å². The Kier molecular flexibility index (Phi) is 3.38. The number of carbonyl (C=O) groups excluding carboxylic acids is 1. The normalized spacial score (nSPS) is 9.83. The first-order chi connectivity index (χ1) is 8.69. The van der Waals surface area contributed by atoms with Gasteiger partial charge in [0, 0.05) is 17.8 Å². The van der Waals surface area contributed by atoms with Crippen LogP contribution in [0.2, 0.25) is 0 Å². The highest BCUT2D eigenvalue weighted by Gasteiger charge is 2.06. The quantitative estimate of drug-likeness (QED) is 0.887. The molecule has 0 spiro atoms. The number of amides is 1. The van der Waals surface area contributed by atoms with Crippen LogP contribution in [0.3, 0.4) is 0 Å². The summed E-state index contributed by atoms with van der Waals surface area (Å²) in [6.07, 6.45) is 0.574. The maximum atomic E-state index is 10.6. The second-order valence-corrected chi connectivity index (χ2v) is 3.37. The number of ether oxygens (including phenoxy) is 2. The van der Waals surface area contributed by atoms with Crippen LogP contribution in [0.5, 0.6) is 11.6 Å². The number of carbonyl (C=O) groups is 1. The van der Waals surface area contributed by atoms with Gasteiger partial charge in [-0.15, -0.1) is 0 Å². The highest BCUT2D eigenvalue weighted by Crippen LogP contribution is 2.21. The van der Waals surface area contributed by atoms with E-state index in [0.29, 0.717) is 11.6 Å². The first-order valence-corrected chi connectivity index (χ1v) is 5.14. The van der Waals surface area contributed by atoms with Gasteiger partial charge in [0.1, 0.15) is 5.75 Å². The molecule has 2 N–H and O–H groups in total. The van der Waals surface area contributed by atoms with Crippen LogP contribution in [0.25, 0.3) is 11.4 Å². The van der Waals surface area contributed by atoms with E-state index in [-0.39, 0.29) is 5.88 Å². The third-order valence-electron chi connectivity index (χ3n) is 2.16. The molecule has 18 heavy (non-hydrogen) atoms. The van der Waals surface area contributed by atoms with Crippen LogP contribution in [0, 0.1) is 0 Å². The number of primary amides is 1. The Balaban J connectivity index is 2.34. The Morgan fingerprint density at radius 3 is 2.89 bits per heavy atom. The summed E-state index contributed by atoms with van der Waals surface area (Å²) in [6.45, 7) is 0. The summed E-state index contributed by atoms with van der Waals surface area (Å²) in [6, 6.07) is 8.69. The molecule has 0 fully saturated rings. The Morgan fingerprint density at radius 2 is 2.17 bits per heavy atom. The van der Waals surface area contributed by atoms with Crippen LogP contribution < -0.4 is 15.2 Å². The number of benzene rings is 1. The van der Waals surface area contributed by atoms with E-state index in [1.807, 2.05) is 18.2 Å². The second kappa shape index (κ2) is 5.13. The zero-order chi connectivity index (χ0) is 13.0. The van der Waals surface area contributed by atoms with E-state index < -0.39 is 6.09 Å². The minimum atomic E-state index is -0.912. The number of rotatable bonds is 3. The molecule has 0 radical (unpaired) electrons. The Hall–Kier alpha value is -2.63. The monoisotopic (exact) mass is 245 g/mol. The van der Waals surface area contributed by atoms with Gasteiger partial charge in [0.25, 0.3) is 0 Å². The van der Waals surface area contributed by atoms with Crippen molar-refractivity contribution < 1.29 is 14.3 Å². The van der Waals surface area contributed by atoms with Crippen molar-refractivity contribution >= 4 is 6.09 Å². The lowest BCUT2D eigenvalue weighted by atomic mass is 10.2. The fourth-order valence-corrected chi connectivity index (χ4v) is 1.40. The number of hydrogen-bond donors (Lipinski definition) is 1. The van der Waals surface area contributed by atoms with Crippen molar-refractivity contribution in [2.24, 2.45) is 5.73 Å². The molecule has 6 nitrogen and oxygen atoms in total. The fourth-order valence-electron chi connectivity index (χ4n) is 1.40. The standard InChI is InChI=1S/C12H11N3O3/c1-17-9-4-2-3-8(7-9)11-14-6-5-10(15-11)18-12(13)16/h2-7H,1H3,(H2,13,16). The lowest BCUT2D eigenvalue weighted by Crippen LogP contribution is -2.17. The van der Waals surface area contributed by atoms with Crippen molar-refractivity contribution in [3.63, 3.8) is 0 Å². The van der Waals surface area contributed by atoms with Gasteiger partial charge >= 0.3 is 6.09 Å². The van der Waals surface area contributed by atoms with Crippen molar-refractivity contribution in [2.75, 3.05) is 7.11 Å². The van der Waals surface area contributed by atoms with E-state index >= 15 is 0 Å². The van der Waals surface area contributed by atoms with Gasteiger partial charge in [0.05, 0.1) is 7.11 Å². The smallest absolute Gasteiger partial charge is 0.411 e. The molecule has 1 aromatic heterocycles. The summed E-state index contributed by atoms with van der Waals surface area (Å²) in [5.74, 6) is 1.22. The summed E-state index contributed by atoms with van der Waals surface area (Å²) < 4.78 is 9.80. The number of methoxy groups -OCH3 is 1. The summed E-state index contributed by atoms with van der Waals surface area (Å²) in [4.78, 5) is 18.8. The average molecular weight is 245 g/mol. The molecule has 92 valence electrons. The highest BCUT2D eigenvalue weighted by atomic mass is 16.6. The molecule has 0 saturated carbocycles. The SMILES string of the molecule is COc1cccc(-c2nccc(OC(N)=O)n2)c1. The van der Waals surface area contributed by atoms with Crippen molar-refractivity contribution in [1.82, 2.24) is 9.97 Å². The maximum absolute atomic E-state index is 10.6. The Morgan fingerprint density at radius 1 is 1.33 bits per heavy atom. The predicted octanol–water partition coefficient (Wildman–Crippen LogP) is 1.61. The maximum Gasteiger partial charge on any atom is 0.411 e. The largest absolute Gasteiger partial charge is 0.497 e. The van der Waals surface area contributed by atoms with Crippen LogP contribution in [0.4, 0.5) is 4.79 Å². The van der Waals surface area contributed by atoms with Crippen LogP contribution >= 0.6 is 0 Å². The minimum Gasteiger partial charge on any atom is -0.497 e. The van der Waals surface area contributed by atoms with Gasteiger partial charge in [0.2, 0.25) is 5.88 Å². The van der Waals surface area contributed by atoms with Crippen molar-refractivity contribution in [3.8, 4) is 23.0 Å². The molecule has 0 atom stereocenters. The summed E-state index contributed by atoms with van der Waals surface area (Å²) in [7, 11) is 1.58. The number of hydrogen-bond acceptors (Lipinski definition) is 5. The molecular formula is C12H11N3O3. The summed E-state index contributed by atoms with van der Waals surface area (Å²) >= 11 is 0. The number of nitrogens with two attached hydrogens (primary N) is 1. The van der Waals surface area contributed by atoms with Gasteiger partial charge in [-0.25, -0.2) is 9.78 Å². The zero-order valence-corrected chi connectivity index (χ0v) is 9.66. The first-order valence-electron chi connectivity index (χ1n) is 5.14. The molecule has 2 aromatic rings. The first kappa shape index (κ1) is 11.8. The van der Waals surface area contributed by atoms with Gasteiger partial charge in [-0.05, 0) is 12.1 Å². The molecule has 1 aromatic carbocycles. The summed E-state index contributed by atoms with van der Waals surface area (Å²) in [5.41, 5.74) is 5.67. The van der Waals surface area contributed by atoms with Crippen molar-refractivity contribution in [2.45, 2.75) is 0 Å². The molecule has 0 saturated heterocycles. The number of nitrogens with zero attached hydrogens (tertiary/aromatic N) is 2. The predicted molar refractivity (Wildman–Crippen MR) is 64.2 cm³/mol. The molecule has 0 unspecified atom stereocenters. The lowest BCUT2D eigenvalue weighted by Gasteiger charge is -2.04. The van der Waals surface area contributed by atoms with Gasteiger partial charge in [-0.1, -0.05) is 12.1 Å². The van der Waals surface area contributed by atoms with Gasteiger partial charge in [-0.2, -0.15) is 4.98 Å². The molecule has 2 rings (SSSR count). The molecule has 1 heterocycles. The van der Waals surface area contributed by atoms with Crippen LogP contribution in [-0.2, 0) is 0 Å². The fraction of sp³-hybridized carbons (Fsp3) is 0.0833. The van der Waals surface area contributed by atoms with E-state index in [2.05, 4.69) is 14.7 Å². The Labute approximate surface area is 103 Å². The summed E-state index contributed by atoms with van der Waals surface area (Å²) in [5, 5.41) is 0. The van der Waals surface area contributed by atoms with Crippen LogP contribution in [-0.4, -0.2) is 23.2 Å². The molecule has 0 aliphatic rings. The van der Waals surface area contributed by atoms with Crippen molar-refractivity contribution in [3.05, 3.63) is 36.5 Å². The van der Waals surface area contributed by atoms with E-state index in [4.69, 9.17) is 10.5 Å². The number of aromatic nitrogens is 2. The van der Waals surface area contributed by atoms with Crippen LogP contribution in [0.1, 0.15) is 0 Å². The van der Waals surface area contributed by atoms with E-state index in [1.165, 1.54) is 12.3 Å². The van der Waals surface area contributed by atoms with Crippen LogP contribution in [0.15, 0.2) is 36.5 Å². The van der Waals surface area contributed by atoms with Gasteiger partial charge < -0.3 is 15.2 Å². The van der Waals surface area contributed by atoms with E-state index in [9.17, 15) is 4.79 Å². The van der Waals surface area contributed by atoms with E-state index in [1.54, 1.807) is 13.2 Å². The zero-order valence-electron chi connectivity index (χ0n) is 9.66. The average Bonchev–Trinajstić information content (AvgIpc) is 2.38. The lowest BCUT2D eigenvalue weighted by molar-refractivity contribution is 0.209. The molecular weight excluding hydrogens is 234 g/mol. The third kappa shape index (κ3) is 2.73. The Bertz CT molecular complexity index is 572. The van der Waals surface area contributed by atoms with Crippen molar-refractivity contribution in [1.29, 1.82) is 0 Å². The molecule has 0 aliphatic carbocycles. The molecule has 6 heteroatoms. The van der Waals surface area contributed by atoms with Gasteiger partial charge in [-0.3, -0.25) is 0 Å². The second-order valence-electron chi connectivity index (χ2n) is 3.37. The molecule has 1 amide bonds. The molecule has 0 aliphatic heterocycles. The topological polar surface area (TPSA) is 87.3 Å².